The first-order valence-electron chi connectivity index (χ1n) is 6.97. The summed E-state index contributed by atoms with van der Waals surface area (Å²) in [6.45, 7) is 4.71. The zero-order chi connectivity index (χ0) is 14.8. The van der Waals surface area contributed by atoms with Crippen molar-refractivity contribution in [3.63, 3.8) is 0 Å². The van der Waals surface area contributed by atoms with Gasteiger partial charge in [0.1, 0.15) is 0 Å². The molecule has 0 bridgehead atoms. The van der Waals surface area contributed by atoms with Gasteiger partial charge in [0, 0.05) is 29.3 Å². The Labute approximate surface area is 123 Å². The smallest absolute Gasteiger partial charge is 0.311 e. The highest BCUT2D eigenvalue weighted by molar-refractivity contribution is 7.11. The van der Waals surface area contributed by atoms with E-state index in [1.165, 1.54) is 9.75 Å². The minimum atomic E-state index is -0.804. The van der Waals surface area contributed by atoms with Crippen molar-refractivity contribution in [3.8, 4) is 0 Å². The number of carbonyl (C=O) groups excluding carboxylic acids is 1. The maximum atomic E-state index is 12.1. The number of carboxylic acid groups (broad SMARTS) is 1. The molecule has 0 saturated carbocycles. The Kier molecular flexibility index (Phi) is 4.48. The van der Waals surface area contributed by atoms with Crippen LogP contribution in [0, 0.1) is 12.3 Å². The van der Waals surface area contributed by atoms with Crippen molar-refractivity contribution >= 4 is 23.2 Å². The van der Waals surface area contributed by atoms with E-state index in [9.17, 15) is 9.59 Å². The lowest BCUT2D eigenvalue weighted by atomic mass is 9.90. The monoisotopic (exact) mass is 295 g/mol. The predicted molar refractivity (Wildman–Crippen MR) is 78.9 cm³/mol. The molecule has 0 unspecified atom stereocenters. The van der Waals surface area contributed by atoms with Crippen LogP contribution < -0.4 is 0 Å². The maximum Gasteiger partial charge on any atom is 0.311 e. The normalized spacial score (nSPS) is 22.2. The van der Waals surface area contributed by atoms with Gasteiger partial charge in [-0.3, -0.25) is 9.59 Å². The van der Waals surface area contributed by atoms with Crippen LogP contribution in [-0.4, -0.2) is 35.0 Å². The molecule has 5 heteroatoms. The summed E-state index contributed by atoms with van der Waals surface area (Å²) in [4.78, 5) is 27.6. The lowest BCUT2D eigenvalue weighted by Crippen LogP contribution is -2.34. The van der Waals surface area contributed by atoms with Crippen LogP contribution in [0.5, 0.6) is 0 Å². The number of amides is 1. The second-order valence-corrected chi connectivity index (χ2v) is 7.17. The summed E-state index contributed by atoms with van der Waals surface area (Å²) in [5, 5.41) is 9.16. The molecule has 1 aromatic rings. The van der Waals surface area contributed by atoms with Crippen LogP contribution in [0.3, 0.4) is 0 Å². The summed E-state index contributed by atoms with van der Waals surface area (Å²) in [7, 11) is 0. The molecule has 20 heavy (non-hydrogen) atoms. The minimum absolute atomic E-state index is 0.0863. The number of aliphatic carboxylic acids is 1. The molecular formula is C15H21NO3S. The molecular weight excluding hydrogens is 274 g/mol. The molecule has 4 nitrogen and oxygen atoms in total. The molecule has 1 aliphatic heterocycles. The van der Waals surface area contributed by atoms with Gasteiger partial charge in [-0.1, -0.05) is 0 Å². The second kappa shape index (κ2) is 5.95. The molecule has 110 valence electrons. The van der Waals surface area contributed by atoms with Crippen molar-refractivity contribution in [2.24, 2.45) is 5.41 Å². The molecule has 1 atom stereocenters. The zero-order valence-corrected chi connectivity index (χ0v) is 12.8. The molecule has 2 rings (SSSR count). The summed E-state index contributed by atoms with van der Waals surface area (Å²) >= 11 is 1.77. The van der Waals surface area contributed by atoms with Gasteiger partial charge in [0.15, 0.2) is 0 Å². The Morgan fingerprint density at radius 1 is 1.45 bits per heavy atom. The van der Waals surface area contributed by atoms with E-state index in [2.05, 4.69) is 19.1 Å². The lowest BCUT2D eigenvalue weighted by Gasteiger charge is -2.20. The van der Waals surface area contributed by atoms with Crippen molar-refractivity contribution in [2.75, 3.05) is 13.1 Å². The third-order valence-corrected chi connectivity index (χ3v) is 5.01. The molecule has 1 saturated heterocycles. The van der Waals surface area contributed by atoms with Gasteiger partial charge in [-0.05, 0) is 45.2 Å². The minimum Gasteiger partial charge on any atom is -0.481 e. The fourth-order valence-electron chi connectivity index (χ4n) is 2.54. The molecule has 1 N–H and O–H groups in total. The largest absolute Gasteiger partial charge is 0.481 e. The van der Waals surface area contributed by atoms with E-state index < -0.39 is 11.4 Å². The average Bonchev–Trinajstić information content (AvgIpc) is 2.97. The van der Waals surface area contributed by atoms with Crippen molar-refractivity contribution in [1.82, 2.24) is 4.90 Å². The quantitative estimate of drug-likeness (QED) is 0.908. The first kappa shape index (κ1) is 15.0. The van der Waals surface area contributed by atoms with Crippen LogP contribution in [0.4, 0.5) is 0 Å². The number of hydrogen-bond acceptors (Lipinski definition) is 3. The van der Waals surface area contributed by atoms with Gasteiger partial charge < -0.3 is 10.0 Å². The highest BCUT2D eigenvalue weighted by Crippen LogP contribution is 2.30. The molecule has 0 aromatic carbocycles. The average molecular weight is 295 g/mol. The highest BCUT2D eigenvalue weighted by Gasteiger charge is 2.41. The van der Waals surface area contributed by atoms with Crippen molar-refractivity contribution in [3.05, 3.63) is 21.9 Å². The van der Waals surface area contributed by atoms with Crippen LogP contribution in [0.1, 0.15) is 35.9 Å². The lowest BCUT2D eigenvalue weighted by molar-refractivity contribution is -0.147. The van der Waals surface area contributed by atoms with Gasteiger partial charge >= 0.3 is 5.97 Å². The molecule has 0 aliphatic carbocycles. The number of nitrogens with zero attached hydrogens (tertiary/aromatic N) is 1. The van der Waals surface area contributed by atoms with E-state index >= 15 is 0 Å². The van der Waals surface area contributed by atoms with E-state index in [0.717, 1.165) is 12.8 Å². The zero-order valence-electron chi connectivity index (χ0n) is 12.0. The Morgan fingerprint density at radius 3 is 2.75 bits per heavy atom. The van der Waals surface area contributed by atoms with Gasteiger partial charge in [-0.25, -0.2) is 0 Å². The van der Waals surface area contributed by atoms with Gasteiger partial charge in [-0.15, -0.1) is 11.3 Å². The molecule has 0 spiro atoms. The molecule has 2 heterocycles. The van der Waals surface area contributed by atoms with Gasteiger partial charge in [0.25, 0.3) is 0 Å². The standard InChI is InChI=1S/C15H21NO3S/c1-11-6-7-12(20-11)4-3-5-13(17)16-9-8-15(2,10-16)14(18)19/h6-7H,3-5,8-10H2,1-2H3,(H,18,19)/t15-/m1/s1. The van der Waals surface area contributed by atoms with E-state index in [1.807, 2.05) is 0 Å². The summed E-state index contributed by atoms with van der Waals surface area (Å²) in [5.74, 6) is -0.717. The van der Waals surface area contributed by atoms with Crippen molar-refractivity contribution in [1.29, 1.82) is 0 Å². The fraction of sp³-hybridized carbons (Fsp3) is 0.600. The fourth-order valence-corrected chi connectivity index (χ4v) is 3.47. The van der Waals surface area contributed by atoms with E-state index in [0.29, 0.717) is 25.9 Å². The van der Waals surface area contributed by atoms with Crippen LogP contribution in [0.15, 0.2) is 12.1 Å². The first-order valence-corrected chi connectivity index (χ1v) is 7.79. The van der Waals surface area contributed by atoms with E-state index in [1.54, 1.807) is 23.2 Å². The Bertz CT molecular complexity index is 511. The highest BCUT2D eigenvalue weighted by atomic mass is 32.1. The number of hydrogen-bond donors (Lipinski definition) is 1. The van der Waals surface area contributed by atoms with Crippen LogP contribution in [0.2, 0.25) is 0 Å². The summed E-state index contributed by atoms with van der Waals surface area (Å²) in [6.07, 6.45) is 2.82. The summed E-state index contributed by atoms with van der Waals surface area (Å²) in [5.41, 5.74) is -0.763. The Hall–Kier alpha value is -1.36. The SMILES string of the molecule is Cc1ccc(CCCC(=O)N2CC[C@@](C)(C(=O)O)C2)s1. The van der Waals surface area contributed by atoms with Crippen LogP contribution >= 0.6 is 11.3 Å². The number of thiophene rings is 1. The second-order valence-electron chi connectivity index (χ2n) is 5.80. The topological polar surface area (TPSA) is 57.6 Å². The Balaban J connectivity index is 1.77. The number of carboxylic acids is 1. The maximum absolute atomic E-state index is 12.1. The third-order valence-electron chi connectivity index (χ3n) is 3.95. The number of aryl methyl sites for hydroxylation is 2. The summed E-state index contributed by atoms with van der Waals surface area (Å²) < 4.78 is 0. The van der Waals surface area contributed by atoms with Gasteiger partial charge in [-0.2, -0.15) is 0 Å². The Morgan fingerprint density at radius 2 is 2.20 bits per heavy atom. The molecule has 1 aliphatic rings. The first-order chi connectivity index (χ1) is 9.40. The van der Waals surface area contributed by atoms with E-state index in [-0.39, 0.29) is 5.91 Å². The van der Waals surface area contributed by atoms with Crippen LogP contribution in [0.25, 0.3) is 0 Å². The molecule has 1 fully saturated rings. The number of rotatable bonds is 5. The molecule has 1 aromatic heterocycles. The van der Waals surface area contributed by atoms with Crippen molar-refractivity contribution < 1.29 is 14.7 Å². The van der Waals surface area contributed by atoms with Gasteiger partial charge in [0.05, 0.1) is 5.41 Å². The summed E-state index contributed by atoms with van der Waals surface area (Å²) in [6, 6.07) is 4.21. The number of carbonyl (C=O) groups is 2. The van der Waals surface area contributed by atoms with Crippen LogP contribution in [-0.2, 0) is 16.0 Å². The predicted octanol–water partition coefficient (Wildman–Crippen LogP) is 2.70. The molecule has 0 radical (unpaired) electrons. The van der Waals surface area contributed by atoms with Crippen molar-refractivity contribution in [2.45, 2.75) is 39.5 Å². The number of likely N-dealkylation sites (tertiary alicyclic amines) is 1. The van der Waals surface area contributed by atoms with E-state index in [4.69, 9.17) is 5.11 Å². The molecule has 1 amide bonds. The third kappa shape index (κ3) is 3.39. The van der Waals surface area contributed by atoms with Gasteiger partial charge in [0.2, 0.25) is 5.91 Å².